The van der Waals surface area contributed by atoms with Gasteiger partial charge in [-0.1, -0.05) is 48.5 Å². The van der Waals surface area contributed by atoms with E-state index in [1.54, 1.807) is 18.2 Å². The molecule has 2 aromatic carbocycles. The first-order valence-electron chi connectivity index (χ1n) is 6.43. The van der Waals surface area contributed by atoms with Crippen LogP contribution in [-0.2, 0) is 0 Å². The second-order valence-electron chi connectivity index (χ2n) is 4.34. The van der Waals surface area contributed by atoms with Crippen LogP contribution in [0.5, 0.6) is 11.6 Å². The van der Waals surface area contributed by atoms with Gasteiger partial charge in [-0.15, -0.1) is 10.2 Å². The summed E-state index contributed by atoms with van der Waals surface area (Å²) in [6, 6.07) is 22.6. The number of ether oxygens (including phenoxy) is 1. The van der Waals surface area contributed by atoms with E-state index in [4.69, 9.17) is 4.74 Å². The molecule has 3 aromatic rings. The molecule has 1 aromatic heterocycles. The monoisotopic (exact) mass is 273 g/mol. The fraction of sp³-hybridized carbons (Fsp3) is 0. The predicted octanol–water partition coefficient (Wildman–Crippen LogP) is 3.81. The van der Waals surface area contributed by atoms with Crippen LogP contribution in [0.4, 0.5) is 0 Å². The molecule has 1 heterocycles. The Morgan fingerprint density at radius 3 is 2.19 bits per heavy atom. The van der Waals surface area contributed by atoms with E-state index in [0.29, 0.717) is 17.0 Å². The summed E-state index contributed by atoms with van der Waals surface area (Å²) in [4.78, 5) is 0. The minimum atomic E-state index is 0.211. The molecule has 100 valence electrons. The molecule has 0 aliphatic heterocycles. The molecular weight excluding hydrogens is 262 g/mol. The molecule has 0 unspecified atom stereocenters. The third kappa shape index (κ3) is 2.88. The van der Waals surface area contributed by atoms with Crippen molar-refractivity contribution in [1.82, 2.24) is 10.2 Å². The number of benzene rings is 2. The SMILES string of the molecule is N#Cc1cc(-c2ccccc2)nnc1Oc1ccccc1. The second kappa shape index (κ2) is 5.85. The number of aromatic nitrogens is 2. The molecule has 0 N–H and O–H groups in total. The highest BCUT2D eigenvalue weighted by atomic mass is 16.5. The van der Waals surface area contributed by atoms with Crippen LogP contribution in [0, 0.1) is 11.3 Å². The molecule has 0 saturated heterocycles. The van der Waals surface area contributed by atoms with Crippen molar-refractivity contribution in [2.45, 2.75) is 0 Å². The van der Waals surface area contributed by atoms with E-state index < -0.39 is 0 Å². The van der Waals surface area contributed by atoms with Gasteiger partial charge in [0, 0.05) is 5.56 Å². The summed E-state index contributed by atoms with van der Waals surface area (Å²) in [6.07, 6.45) is 0. The molecule has 0 atom stereocenters. The van der Waals surface area contributed by atoms with Gasteiger partial charge in [0.1, 0.15) is 17.4 Å². The molecule has 0 radical (unpaired) electrons. The highest BCUT2D eigenvalue weighted by Crippen LogP contribution is 2.25. The van der Waals surface area contributed by atoms with Gasteiger partial charge in [-0.2, -0.15) is 5.26 Å². The van der Waals surface area contributed by atoms with Crippen molar-refractivity contribution in [1.29, 1.82) is 5.26 Å². The molecule has 0 saturated carbocycles. The summed E-state index contributed by atoms with van der Waals surface area (Å²) in [5.74, 6) is 0.833. The van der Waals surface area contributed by atoms with Crippen LogP contribution in [0.2, 0.25) is 0 Å². The largest absolute Gasteiger partial charge is 0.437 e. The van der Waals surface area contributed by atoms with E-state index in [1.165, 1.54) is 0 Å². The molecule has 4 heteroatoms. The van der Waals surface area contributed by atoms with Gasteiger partial charge in [0.2, 0.25) is 0 Å². The lowest BCUT2D eigenvalue weighted by Gasteiger charge is -2.06. The van der Waals surface area contributed by atoms with Gasteiger partial charge in [-0.05, 0) is 18.2 Å². The predicted molar refractivity (Wildman–Crippen MR) is 78.7 cm³/mol. The summed E-state index contributed by atoms with van der Waals surface area (Å²) in [6.45, 7) is 0. The average molecular weight is 273 g/mol. The molecule has 0 aliphatic rings. The zero-order valence-electron chi connectivity index (χ0n) is 11.1. The smallest absolute Gasteiger partial charge is 0.257 e. The average Bonchev–Trinajstić information content (AvgIpc) is 2.57. The van der Waals surface area contributed by atoms with Crippen LogP contribution in [-0.4, -0.2) is 10.2 Å². The lowest BCUT2D eigenvalue weighted by atomic mass is 10.1. The summed E-state index contributed by atoms with van der Waals surface area (Å²) in [7, 11) is 0. The summed E-state index contributed by atoms with van der Waals surface area (Å²) < 4.78 is 5.60. The Bertz CT molecular complexity index is 780. The van der Waals surface area contributed by atoms with Crippen LogP contribution < -0.4 is 4.74 Å². The number of rotatable bonds is 3. The zero-order valence-corrected chi connectivity index (χ0v) is 11.1. The maximum atomic E-state index is 9.27. The van der Waals surface area contributed by atoms with Crippen molar-refractivity contribution in [3.05, 3.63) is 72.3 Å². The Morgan fingerprint density at radius 2 is 1.52 bits per heavy atom. The molecule has 0 bridgehead atoms. The summed E-state index contributed by atoms with van der Waals surface area (Å²) >= 11 is 0. The van der Waals surface area contributed by atoms with E-state index in [-0.39, 0.29) is 5.88 Å². The van der Waals surface area contributed by atoms with E-state index >= 15 is 0 Å². The number of para-hydroxylation sites is 1. The van der Waals surface area contributed by atoms with Gasteiger partial charge in [-0.25, -0.2) is 0 Å². The van der Waals surface area contributed by atoms with E-state index in [0.717, 1.165) is 5.56 Å². The van der Waals surface area contributed by atoms with Gasteiger partial charge in [0.05, 0.1) is 5.69 Å². The van der Waals surface area contributed by atoms with Crippen LogP contribution in [0.3, 0.4) is 0 Å². The molecular formula is C17H11N3O. The van der Waals surface area contributed by atoms with Crippen molar-refractivity contribution in [2.75, 3.05) is 0 Å². The third-order valence-electron chi connectivity index (χ3n) is 2.91. The quantitative estimate of drug-likeness (QED) is 0.728. The maximum Gasteiger partial charge on any atom is 0.257 e. The molecule has 0 aliphatic carbocycles. The third-order valence-corrected chi connectivity index (χ3v) is 2.91. The first kappa shape index (κ1) is 12.8. The van der Waals surface area contributed by atoms with Crippen LogP contribution >= 0.6 is 0 Å². The molecule has 0 fully saturated rings. The maximum absolute atomic E-state index is 9.27. The highest BCUT2D eigenvalue weighted by molar-refractivity contribution is 5.61. The van der Waals surface area contributed by atoms with Crippen molar-refractivity contribution in [3.8, 4) is 29.0 Å². The van der Waals surface area contributed by atoms with Gasteiger partial charge in [0.25, 0.3) is 5.88 Å². The van der Waals surface area contributed by atoms with Crippen molar-refractivity contribution < 1.29 is 4.74 Å². The lowest BCUT2D eigenvalue weighted by Crippen LogP contribution is -1.96. The fourth-order valence-corrected chi connectivity index (χ4v) is 1.89. The Kier molecular flexibility index (Phi) is 3.57. The van der Waals surface area contributed by atoms with E-state index in [1.807, 2.05) is 48.5 Å². The first-order chi connectivity index (χ1) is 10.4. The molecule has 4 nitrogen and oxygen atoms in total. The topological polar surface area (TPSA) is 58.8 Å². The molecule has 21 heavy (non-hydrogen) atoms. The van der Waals surface area contributed by atoms with Crippen molar-refractivity contribution in [3.63, 3.8) is 0 Å². The number of hydrogen-bond donors (Lipinski definition) is 0. The minimum Gasteiger partial charge on any atom is -0.437 e. The van der Waals surface area contributed by atoms with Crippen LogP contribution in [0.25, 0.3) is 11.3 Å². The number of nitriles is 1. The fourth-order valence-electron chi connectivity index (χ4n) is 1.89. The number of nitrogens with zero attached hydrogens (tertiary/aromatic N) is 3. The Balaban J connectivity index is 1.95. The van der Waals surface area contributed by atoms with Gasteiger partial charge in [0.15, 0.2) is 0 Å². The Hall–Kier alpha value is -3.19. The first-order valence-corrected chi connectivity index (χ1v) is 6.43. The van der Waals surface area contributed by atoms with E-state index in [2.05, 4.69) is 16.3 Å². The standard InChI is InChI=1S/C17H11N3O/c18-12-14-11-16(13-7-3-1-4-8-13)19-20-17(14)21-15-9-5-2-6-10-15/h1-11H. The van der Waals surface area contributed by atoms with Crippen LogP contribution in [0.1, 0.15) is 5.56 Å². The number of hydrogen-bond acceptors (Lipinski definition) is 4. The molecule has 3 rings (SSSR count). The van der Waals surface area contributed by atoms with E-state index in [9.17, 15) is 5.26 Å². The Morgan fingerprint density at radius 1 is 0.857 bits per heavy atom. The molecule has 0 amide bonds. The minimum absolute atomic E-state index is 0.211. The lowest BCUT2D eigenvalue weighted by molar-refractivity contribution is 0.454. The highest BCUT2D eigenvalue weighted by Gasteiger charge is 2.10. The van der Waals surface area contributed by atoms with Crippen molar-refractivity contribution >= 4 is 0 Å². The Labute approximate surface area is 122 Å². The normalized spacial score (nSPS) is 9.86. The van der Waals surface area contributed by atoms with Gasteiger partial charge >= 0.3 is 0 Å². The zero-order chi connectivity index (χ0) is 14.5. The summed E-state index contributed by atoms with van der Waals surface area (Å²) in [5, 5.41) is 17.4. The molecule has 0 spiro atoms. The second-order valence-corrected chi connectivity index (χ2v) is 4.34. The van der Waals surface area contributed by atoms with Gasteiger partial charge < -0.3 is 4.74 Å². The van der Waals surface area contributed by atoms with Crippen LogP contribution in [0.15, 0.2) is 66.7 Å². The summed E-state index contributed by atoms with van der Waals surface area (Å²) in [5.41, 5.74) is 1.91. The van der Waals surface area contributed by atoms with Gasteiger partial charge in [-0.3, -0.25) is 0 Å². The van der Waals surface area contributed by atoms with Crippen molar-refractivity contribution in [2.24, 2.45) is 0 Å².